The van der Waals surface area contributed by atoms with Crippen molar-refractivity contribution in [1.82, 2.24) is 16.0 Å². The Bertz CT molecular complexity index is 596. The van der Waals surface area contributed by atoms with E-state index in [-0.39, 0.29) is 18.8 Å². The summed E-state index contributed by atoms with van der Waals surface area (Å²) in [6, 6.07) is -4.76. The van der Waals surface area contributed by atoms with Crippen LogP contribution in [0.5, 0.6) is 0 Å². The number of aliphatic hydroxyl groups is 1. The number of carbonyl (C=O) groups is 5. The van der Waals surface area contributed by atoms with Crippen LogP contribution in [0, 0.1) is 5.92 Å². The summed E-state index contributed by atoms with van der Waals surface area (Å²) in [5.41, 5.74) is 10.5. The first-order valence-electron chi connectivity index (χ1n) is 8.69. The molecule has 4 unspecified atom stereocenters. The summed E-state index contributed by atoms with van der Waals surface area (Å²) < 4.78 is 0. The van der Waals surface area contributed by atoms with Crippen molar-refractivity contribution in [3.05, 3.63) is 0 Å². The first kappa shape index (κ1) is 25.3. The van der Waals surface area contributed by atoms with Gasteiger partial charge >= 0.3 is 5.97 Å². The molecule has 0 aliphatic heterocycles. The third kappa shape index (κ3) is 8.77. The molecule has 28 heavy (non-hydrogen) atoms. The molecule has 4 atom stereocenters. The number of carboxylic acid groups (broad SMARTS) is 1. The molecule has 0 radical (unpaired) electrons. The zero-order valence-electron chi connectivity index (χ0n) is 16.1. The first-order valence-corrected chi connectivity index (χ1v) is 8.69. The number of aliphatic hydroxyl groups excluding tert-OH is 1. The molecule has 12 nitrogen and oxygen atoms in total. The van der Waals surface area contributed by atoms with Crippen LogP contribution in [0.4, 0.5) is 0 Å². The van der Waals surface area contributed by atoms with Crippen molar-refractivity contribution in [1.29, 1.82) is 0 Å². The Morgan fingerprint density at radius 3 is 1.93 bits per heavy atom. The molecule has 0 saturated carbocycles. The number of aliphatic carboxylic acids is 1. The average molecular weight is 403 g/mol. The summed E-state index contributed by atoms with van der Waals surface area (Å²) in [6.45, 7) is 3.78. The maximum absolute atomic E-state index is 12.2. The molecule has 0 aromatic heterocycles. The molecule has 0 spiro atoms. The number of nitrogens with two attached hydrogens (primary N) is 2. The molecule has 12 heteroatoms. The van der Waals surface area contributed by atoms with Crippen molar-refractivity contribution in [2.75, 3.05) is 6.61 Å². The Kier molecular flexibility index (Phi) is 10.7. The molecular weight excluding hydrogens is 374 g/mol. The van der Waals surface area contributed by atoms with E-state index in [1.807, 2.05) is 0 Å². The van der Waals surface area contributed by atoms with Crippen molar-refractivity contribution in [3.63, 3.8) is 0 Å². The fraction of sp³-hybridized carbons (Fsp3) is 0.688. The monoisotopic (exact) mass is 403 g/mol. The number of carboxylic acids is 1. The highest BCUT2D eigenvalue weighted by molar-refractivity contribution is 5.94. The van der Waals surface area contributed by atoms with Crippen LogP contribution in [0.1, 0.15) is 33.6 Å². The highest BCUT2D eigenvalue weighted by Gasteiger charge is 2.29. The minimum absolute atomic E-state index is 0.0362. The summed E-state index contributed by atoms with van der Waals surface area (Å²) in [6.07, 6.45) is -0.159. The Labute approximate surface area is 162 Å². The van der Waals surface area contributed by atoms with E-state index in [9.17, 15) is 29.1 Å². The Hall–Kier alpha value is -2.73. The van der Waals surface area contributed by atoms with Gasteiger partial charge in [-0.3, -0.25) is 19.2 Å². The Balaban J connectivity index is 4.77. The van der Waals surface area contributed by atoms with E-state index in [2.05, 4.69) is 16.0 Å². The lowest BCUT2D eigenvalue weighted by molar-refractivity contribution is -0.143. The Morgan fingerprint density at radius 1 is 0.929 bits per heavy atom. The van der Waals surface area contributed by atoms with Crippen LogP contribution in [-0.2, 0) is 24.0 Å². The molecule has 0 bridgehead atoms. The minimum Gasteiger partial charge on any atom is -0.480 e. The van der Waals surface area contributed by atoms with E-state index in [0.717, 1.165) is 0 Å². The maximum Gasteiger partial charge on any atom is 0.326 e. The standard InChI is InChI=1S/C16H29N5O7/c1-7(2)12(16(27)28)21-13(24)8(3)19-15(26)10(6-22)20-14(25)9(17)4-5-11(18)23/h7-10,12,22H,4-6,17H2,1-3H3,(H2,18,23)(H,19,26)(H,20,25)(H,21,24)(H,27,28). The van der Waals surface area contributed by atoms with Crippen LogP contribution >= 0.6 is 0 Å². The van der Waals surface area contributed by atoms with Crippen LogP contribution < -0.4 is 27.4 Å². The summed E-state index contributed by atoms with van der Waals surface area (Å²) in [5, 5.41) is 25.2. The van der Waals surface area contributed by atoms with Gasteiger partial charge in [-0.1, -0.05) is 13.8 Å². The SMILES string of the molecule is CC(NC(=O)C(CO)NC(=O)C(N)CCC(N)=O)C(=O)NC(C(=O)O)C(C)C. The van der Waals surface area contributed by atoms with Gasteiger partial charge in [-0.05, 0) is 19.3 Å². The van der Waals surface area contributed by atoms with Crippen molar-refractivity contribution in [2.24, 2.45) is 17.4 Å². The van der Waals surface area contributed by atoms with Gasteiger partial charge in [0.2, 0.25) is 23.6 Å². The van der Waals surface area contributed by atoms with Crippen LogP contribution in [0.15, 0.2) is 0 Å². The second kappa shape index (κ2) is 11.9. The van der Waals surface area contributed by atoms with Gasteiger partial charge < -0.3 is 37.6 Å². The normalized spacial score (nSPS) is 15.1. The summed E-state index contributed by atoms with van der Waals surface area (Å²) in [5.74, 6) is -4.62. The third-order valence-electron chi connectivity index (χ3n) is 3.84. The van der Waals surface area contributed by atoms with Crippen LogP contribution in [0.25, 0.3) is 0 Å². The fourth-order valence-corrected chi connectivity index (χ4v) is 2.07. The number of rotatable bonds is 12. The van der Waals surface area contributed by atoms with Crippen molar-refractivity contribution >= 4 is 29.6 Å². The molecule has 4 amide bonds. The van der Waals surface area contributed by atoms with Gasteiger partial charge in [0.25, 0.3) is 0 Å². The zero-order chi connectivity index (χ0) is 22.0. The lowest BCUT2D eigenvalue weighted by Crippen LogP contribution is -2.57. The number of hydrogen-bond acceptors (Lipinski definition) is 7. The van der Waals surface area contributed by atoms with Gasteiger partial charge in [-0.2, -0.15) is 0 Å². The molecule has 0 aliphatic carbocycles. The van der Waals surface area contributed by atoms with Gasteiger partial charge in [0.1, 0.15) is 18.1 Å². The van der Waals surface area contributed by atoms with E-state index in [1.165, 1.54) is 6.92 Å². The van der Waals surface area contributed by atoms with E-state index in [0.29, 0.717) is 0 Å². The molecule has 9 N–H and O–H groups in total. The lowest BCUT2D eigenvalue weighted by atomic mass is 10.0. The van der Waals surface area contributed by atoms with E-state index < -0.39 is 60.4 Å². The number of amides is 4. The molecule has 0 aromatic carbocycles. The third-order valence-corrected chi connectivity index (χ3v) is 3.84. The first-order chi connectivity index (χ1) is 12.9. The predicted octanol–water partition coefficient (Wildman–Crippen LogP) is -3.21. The highest BCUT2D eigenvalue weighted by Crippen LogP contribution is 2.02. The smallest absolute Gasteiger partial charge is 0.326 e. The number of carbonyl (C=O) groups excluding carboxylic acids is 4. The van der Waals surface area contributed by atoms with Gasteiger partial charge in [-0.25, -0.2) is 4.79 Å². The summed E-state index contributed by atoms with van der Waals surface area (Å²) in [7, 11) is 0. The average Bonchev–Trinajstić information content (AvgIpc) is 2.60. The van der Waals surface area contributed by atoms with Gasteiger partial charge in [0.05, 0.1) is 12.6 Å². The number of nitrogens with one attached hydrogen (secondary N) is 3. The summed E-state index contributed by atoms with van der Waals surface area (Å²) in [4.78, 5) is 58.0. The van der Waals surface area contributed by atoms with Crippen LogP contribution in [-0.4, -0.2) is 70.6 Å². The van der Waals surface area contributed by atoms with Crippen molar-refractivity contribution < 1.29 is 34.2 Å². The molecular formula is C16H29N5O7. The van der Waals surface area contributed by atoms with Gasteiger partial charge in [0, 0.05) is 6.42 Å². The number of primary amides is 1. The van der Waals surface area contributed by atoms with E-state index >= 15 is 0 Å². The Morgan fingerprint density at radius 2 is 1.50 bits per heavy atom. The summed E-state index contributed by atoms with van der Waals surface area (Å²) >= 11 is 0. The second-order valence-corrected chi connectivity index (χ2v) is 6.65. The maximum atomic E-state index is 12.2. The largest absolute Gasteiger partial charge is 0.480 e. The fourth-order valence-electron chi connectivity index (χ4n) is 2.07. The van der Waals surface area contributed by atoms with Gasteiger partial charge in [-0.15, -0.1) is 0 Å². The molecule has 0 rings (SSSR count). The van der Waals surface area contributed by atoms with Crippen LogP contribution in [0.3, 0.4) is 0 Å². The molecule has 0 aromatic rings. The van der Waals surface area contributed by atoms with Gasteiger partial charge in [0.15, 0.2) is 0 Å². The topological polar surface area (TPSA) is 214 Å². The van der Waals surface area contributed by atoms with E-state index in [4.69, 9.17) is 16.6 Å². The molecule has 0 heterocycles. The van der Waals surface area contributed by atoms with Crippen molar-refractivity contribution in [2.45, 2.75) is 57.8 Å². The lowest BCUT2D eigenvalue weighted by Gasteiger charge is -2.23. The highest BCUT2D eigenvalue weighted by atomic mass is 16.4. The van der Waals surface area contributed by atoms with Crippen molar-refractivity contribution in [3.8, 4) is 0 Å². The zero-order valence-corrected chi connectivity index (χ0v) is 16.1. The molecule has 0 fully saturated rings. The predicted molar refractivity (Wildman–Crippen MR) is 97.4 cm³/mol. The van der Waals surface area contributed by atoms with Crippen LogP contribution in [0.2, 0.25) is 0 Å². The second-order valence-electron chi connectivity index (χ2n) is 6.65. The minimum atomic E-state index is -1.39. The molecule has 160 valence electrons. The number of hydrogen-bond donors (Lipinski definition) is 7. The molecule has 0 aliphatic rings. The van der Waals surface area contributed by atoms with E-state index in [1.54, 1.807) is 13.8 Å². The molecule has 0 saturated heterocycles. The quantitative estimate of drug-likeness (QED) is 0.175.